The van der Waals surface area contributed by atoms with Gasteiger partial charge < -0.3 is 10.2 Å². The molecule has 0 fully saturated rings. The van der Waals surface area contributed by atoms with Crippen LogP contribution in [0.2, 0.25) is 0 Å². The van der Waals surface area contributed by atoms with Crippen molar-refractivity contribution in [1.82, 2.24) is 9.97 Å². The van der Waals surface area contributed by atoms with Gasteiger partial charge in [0.1, 0.15) is 11.5 Å². The molecule has 0 aliphatic carbocycles. The molecule has 0 spiro atoms. The Morgan fingerprint density at radius 1 is 0.472 bits per heavy atom. The SMILES string of the molecule is Oc1ccccc1C(=Nc1nccnc1N=C(c1ccccc1)c1ccccc1O)c1ccccc1. The van der Waals surface area contributed by atoms with E-state index in [0.29, 0.717) is 22.6 Å². The second-order valence-electron chi connectivity index (χ2n) is 7.89. The van der Waals surface area contributed by atoms with E-state index in [9.17, 15) is 10.2 Å². The second-order valence-corrected chi connectivity index (χ2v) is 7.89. The van der Waals surface area contributed by atoms with E-state index in [4.69, 9.17) is 9.98 Å². The van der Waals surface area contributed by atoms with Crippen molar-refractivity contribution in [3.05, 3.63) is 144 Å². The van der Waals surface area contributed by atoms with Crippen LogP contribution in [0.5, 0.6) is 11.5 Å². The minimum Gasteiger partial charge on any atom is -0.507 e. The third kappa shape index (κ3) is 4.88. The average Bonchev–Trinajstić information content (AvgIpc) is 2.93. The summed E-state index contributed by atoms with van der Waals surface area (Å²) < 4.78 is 0. The first kappa shape index (κ1) is 22.7. The molecule has 2 N–H and O–H groups in total. The number of aromatic hydroxyl groups is 2. The van der Waals surface area contributed by atoms with E-state index >= 15 is 0 Å². The summed E-state index contributed by atoms with van der Waals surface area (Å²) in [7, 11) is 0. The zero-order chi connectivity index (χ0) is 24.7. The van der Waals surface area contributed by atoms with Gasteiger partial charge in [-0.15, -0.1) is 0 Å². The van der Waals surface area contributed by atoms with E-state index in [1.165, 1.54) is 0 Å². The van der Waals surface area contributed by atoms with Gasteiger partial charge in [-0.1, -0.05) is 84.9 Å². The van der Waals surface area contributed by atoms with Crippen LogP contribution in [0.15, 0.2) is 132 Å². The van der Waals surface area contributed by atoms with Gasteiger partial charge in [-0.25, -0.2) is 20.0 Å². The highest BCUT2D eigenvalue weighted by atomic mass is 16.3. The highest BCUT2D eigenvalue weighted by Gasteiger charge is 2.16. The smallest absolute Gasteiger partial charge is 0.198 e. The second kappa shape index (κ2) is 10.4. The summed E-state index contributed by atoms with van der Waals surface area (Å²) in [4.78, 5) is 18.6. The molecule has 174 valence electrons. The summed E-state index contributed by atoms with van der Waals surface area (Å²) >= 11 is 0. The van der Waals surface area contributed by atoms with Crippen LogP contribution in [-0.4, -0.2) is 31.6 Å². The fourth-order valence-corrected chi connectivity index (χ4v) is 3.79. The third-order valence-corrected chi connectivity index (χ3v) is 5.51. The van der Waals surface area contributed by atoms with E-state index in [0.717, 1.165) is 11.1 Å². The molecule has 6 nitrogen and oxygen atoms in total. The molecule has 1 aromatic heterocycles. The lowest BCUT2D eigenvalue weighted by Gasteiger charge is -2.11. The van der Waals surface area contributed by atoms with E-state index in [-0.39, 0.29) is 23.1 Å². The zero-order valence-corrected chi connectivity index (χ0v) is 19.2. The maximum atomic E-state index is 10.6. The van der Waals surface area contributed by atoms with Gasteiger partial charge in [0.2, 0.25) is 0 Å². The van der Waals surface area contributed by atoms with Crippen molar-refractivity contribution in [2.24, 2.45) is 9.98 Å². The van der Waals surface area contributed by atoms with Crippen LogP contribution in [0.1, 0.15) is 22.3 Å². The van der Waals surface area contributed by atoms with Crippen molar-refractivity contribution in [2.75, 3.05) is 0 Å². The Hall–Kier alpha value is -5.10. The first-order valence-corrected chi connectivity index (χ1v) is 11.4. The fraction of sp³-hybridized carbons (Fsp3) is 0. The Labute approximate surface area is 208 Å². The molecule has 36 heavy (non-hydrogen) atoms. The van der Waals surface area contributed by atoms with Crippen molar-refractivity contribution < 1.29 is 10.2 Å². The van der Waals surface area contributed by atoms with Gasteiger partial charge in [-0.3, -0.25) is 0 Å². The number of rotatable bonds is 6. The van der Waals surface area contributed by atoms with Crippen LogP contribution in [0.4, 0.5) is 11.6 Å². The molecule has 0 aliphatic rings. The van der Waals surface area contributed by atoms with Gasteiger partial charge in [0.05, 0.1) is 11.4 Å². The topological polar surface area (TPSA) is 91.0 Å². The predicted octanol–water partition coefficient (Wildman–Crippen LogP) is 6.23. The summed E-state index contributed by atoms with van der Waals surface area (Å²) in [5.41, 5.74) is 3.82. The molecule has 4 aromatic carbocycles. The molecule has 5 rings (SSSR count). The average molecular weight is 471 g/mol. The van der Waals surface area contributed by atoms with Crippen molar-refractivity contribution >= 4 is 23.1 Å². The number of para-hydroxylation sites is 2. The van der Waals surface area contributed by atoms with Crippen molar-refractivity contribution in [3.8, 4) is 11.5 Å². The van der Waals surface area contributed by atoms with Crippen molar-refractivity contribution in [2.45, 2.75) is 0 Å². The predicted molar refractivity (Wildman–Crippen MR) is 142 cm³/mol. The number of hydrogen-bond donors (Lipinski definition) is 2. The number of phenols is 2. The molecule has 0 saturated heterocycles. The summed E-state index contributed by atoms with van der Waals surface area (Å²) in [5.74, 6) is 0.772. The molecule has 0 amide bonds. The summed E-state index contributed by atoms with van der Waals surface area (Å²) in [5, 5.41) is 21.2. The van der Waals surface area contributed by atoms with Gasteiger partial charge in [0.15, 0.2) is 11.6 Å². The molecule has 1 heterocycles. The Bertz CT molecular complexity index is 1430. The molecule has 0 radical (unpaired) electrons. The maximum Gasteiger partial charge on any atom is 0.198 e. The standard InChI is InChI=1S/C30H22N4O2/c35-25-17-9-7-15-23(25)27(21-11-3-1-4-12-21)33-29-30(32-20-19-31-29)34-28(22-13-5-2-6-14-22)24-16-8-10-18-26(24)36/h1-20,35-36H. The monoisotopic (exact) mass is 470 g/mol. The highest BCUT2D eigenvalue weighted by molar-refractivity contribution is 6.17. The number of aromatic nitrogens is 2. The molecule has 5 aromatic rings. The Kier molecular flexibility index (Phi) is 6.58. The van der Waals surface area contributed by atoms with Gasteiger partial charge in [-0.2, -0.15) is 0 Å². The lowest BCUT2D eigenvalue weighted by atomic mass is 10.0. The quantitative estimate of drug-likeness (QED) is 0.288. The Morgan fingerprint density at radius 3 is 1.22 bits per heavy atom. The Balaban J connectivity index is 1.72. The molecule has 0 atom stereocenters. The third-order valence-electron chi connectivity index (χ3n) is 5.51. The number of benzene rings is 4. The molecule has 6 heteroatoms. The normalized spacial score (nSPS) is 11.9. The van der Waals surface area contributed by atoms with Crippen molar-refractivity contribution in [1.29, 1.82) is 0 Å². The minimum absolute atomic E-state index is 0.105. The molecule has 0 bridgehead atoms. The Morgan fingerprint density at radius 2 is 0.833 bits per heavy atom. The van der Waals surface area contributed by atoms with Gasteiger partial charge >= 0.3 is 0 Å². The summed E-state index contributed by atoms with van der Waals surface area (Å²) in [6, 6.07) is 33.2. The number of aliphatic imine (C=N–C) groups is 2. The van der Waals surface area contributed by atoms with Crippen LogP contribution in [-0.2, 0) is 0 Å². The summed E-state index contributed by atoms with van der Waals surface area (Å²) in [6.07, 6.45) is 3.10. The molecule has 0 aliphatic heterocycles. The van der Waals surface area contributed by atoms with Crippen LogP contribution in [0.3, 0.4) is 0 Å². The minimum atomic E-state index is 0.105. The summed E-state index contributed by atoms with van der Waals surface area (Å²) in [6.45, 7) is 0. The zero-order valence-electron chi connectivity index (χ0n) is 19.2. The van der Waals surface area contributed by atoms with Crippen LogP contribution in [0, 0.1) is 0 Å². The van der Waals surface area contributed by atoms with Crippen LogP contribution in [0.25, 0.3) is 0 Å². The maximum absolute atomic E-state index is 10.6. The van der Waals surface area contributed by atoms with Crippen LogP contribution >= 0.6 is 0 Å². The number of nitrogens with zero attached hydrogens (tertiary/aromatic N) is 4. The van der Waals surface area contributed by atoms with Crippen LogP contribution < -0.4 is 0 Å². The van der Waals surface area contributed by atoms with Gasteiger partial charge in [0.25, 0.3) is 0 Å². The highest BCUT2D eigenvalue weighted by Crippen LogP contribution is 2.30. The lowest BCUT2D eigenvalue weighted by molar-refractivity contribution is 0.473. The van der Waals surface area contributed by atoms with E-state index < -0.39 is 0 Å². The lowest BCUT2D eigenvalue weighted by Crippen LogP contribution is -2.05. The van der Waals surface area contributed by atoms with Gasteiger partial charge in [-0.05, 0) is 24.3 Å². The largest absolute Gasteiger partial charge is 0.507 e. The van der Waals surface area contributed by atoms with E-state index in [2.05, 4.69) is 9.97 Å². The molecule has 0 saturated carbocycles. The van der Waals surface area contributed by atoms with E-state index in [1.54, 1.807) is 48.8 Å². The van der Waals surface area contributed by atoms with Gasteiger partial charge in [0, 0.05) is 34.6 Å². The first-order valence-electron chi connectivity index (χ1n) is 11.4. The molecular formula is C30H22N4O2. The fourth-order valence-electron chi connectivity index (χ4n) is 3.79. The molecular weight excluding hydrogens is 448 g/mol. The first-order chi connectivity index (χ1) is 17.7. The molecule has 0 unspecified atom stereocenters. The van der Waals surface area contributed by atoms with Crippen molar-refractivity contribution in [3.63, 3.8) is 0 Å². The number of phenolic OH excluding ortho intramolecular Hbond substituents is 2. The van der Waals surface area contributed by atoms with E-state index in [1.807, 2.05) is 72.8 Å². The number of hydrogen-bond acceptors (Lipinski definition) is 6.